The number of nitro benzene ring substituents is 1. The quantitative estimate of drug-likeness (QED) is 0.512. The number of carboxylic acids is 1. The molecule has 0 atom stereocenters. The van der Waals surface area contributed by atoms with E-state index in [1.165, 1.54) is 36.2 Å². The van der Waals surface area contributed by atoms with Gasteiger partial charge in [0.2, 0.25) is 0 Å². The van der Waals surface area contributed by atoms with Crippen molar-refractivity contribution in [3.05, 3.63) is 62.8 Å². The first-order chi connectivity index (χ1) is 9.99. The zero-order chi connectivity index (χ0) is 15.4. The highest BCUT2D eigenvalue weighted by Crippen LogP contribution is 2.29. The van der Waals surface area contributed by atoms with E-state index in [-0.39, 0.29) is 16.3 Å². The molecule has 0 unspecified atom stereocenters. The third-order valence-corrected chi connectivity index (χ3v) is 4.02. The molecule has 0 amide bonds. The Morgan fingerprint density at radius 3 is 2.81 bits per heavy atom. The van der Waals surface area contributed by atoms with Gasteiger partial charge in [-0.2, -0.15) is 0 Å². The van der Waals surface area contributed by atoms with E-state index in [0.717, 1.165) is 0 Å². The SMILES string of the molecule is O=C(O)c1cccnc1SCc1ccc([N+](=O)[O-])cc1Cl. The van der Waals surface area contributed by atoms with Crippen molar-refractivity contribution in [3.63, 3.8) is 0 Å². The van der Waals surface area contributed by atoms with Crippen molar-refractivity contribution in [2.45, 2.75) is 10.8 Å². The van der Waals surface area contributed by atoms with Crippen LogP contribution in [0.1, 0.15) is 15.9 Å². The van der Waals surface area contributed by atoms with E-state index in [1.54, 1.807) is 12.1 Å². The molecule has 0 aliphatic heterocycles. The van der Waals surface area contributed by atoms with Gasteiger partial charge in [0, 0.05) is 24.1 Å². The molecule has 6 nitrogen and oxygen atoms in total. The van der Waals surface area contributed by atoms with Gasteiger partial charge in [-0.05, 0) is 23.8 Å². The minimum absolute atomic E-state index is 0.0854. The Morgan fingerprint density at radius 2 is 2.19 bits per heavy atom. The maximum atomic E-state index is 11.1. The summed E-state index contributed by atoms with van der Waals surface area (Å²) in [4.78, 5) is 25.2. The van der Waals surface area contributed by atoms with Crippen LogP contribution in [-0.2, 0) is 5.75 Å². The largest absolute Gasteiger partial charge is 0.478 e. The van der Waals surface area contributed by atoms with Crippen molar-refractivity contribution < 1.29 is 14.8 Å². The standard InChI is InChI=1S/C13H9ClN2O4S/c14-11-6-9(16(19)20)4-3-8(11)7-21-12-10(13(17)18)2-1-5-15-12/h1-6H,7H2,(H,17,18). The van der Waals surface area contributed by atoms with Gasteiger partial charge in [-0.15, -0.1) is 11.8 Å². The summed E-state index contributed by atoms with van der Waals surface area (Å²) in [5.41, 5.74) is 0.701. The number of halogens is 1. The molecule has 0 bridgehead atoms. The highest BCUT2D eigenvalue weighted by Gasteiger charge is 2.13. The van der Waals surface area contributed by atoms with Crippen LogP contribution in [0.3, 0.4) is 0 Å². The normalized spacial score (nSPS) is 10.3. The van der Waals surface area contributed by atoms with Gasteiger partial charge >= 0.3 is 5.97 Å². The second kappa shape index (κ2) is 6.55. The summed E-state index contributed by atoms with van der Waals surface area (Å²) in [5, 5.41) is 20.3. The first-order valence-corrected chi connectivity index (χ1v) is 7.09. The Morgan fingerprint density at radius 1 is 1.43 bits per heavy atom. The molecule has 1 aromatic heterocycles. The number of aromatic carboxylic acids is 1. The molecule has 0 radical (unpaired) electrons. The number of pyridine rings is 1. The van der Waals surface area contributed by atoms with Gasteiger partial charge in [0.15, 0.2) is 0 Å². The molecular formula is C13H9ClN2O4S. The van der Waals surface area contributed by atoms with Gasteiger partial charge in [-0.25, -0.2) is 9.78 Å². The molecule has 108 valence electrons. The molecule has 2 aromatic rings. The third-order valence-electron chi connectivity index (χ3n) is 2.61. The maximum Gasteiger partial charge on any atom is 0.338 e. The first-order valence-electron chi connectivity index (χ1n) is 5.73. The second-order valence-corrected chi connectivity index (χ2v) is 5.35. The molecule has 1 aromatic carbocycles. The predicted octanol–water partition coefficient (Wildman–Crippen LogP) is 3.63. The lowest BCUT2D eigenvalue weighted by Gasteiger charge is -2.06. The molecule has 0 saturated carbocycles. The fraction of sp³-hybridized carbons (Fsp3) is 0.0769. The number of non-ortho nitro benzene ring substituents is 1. The number of nitrogens with zero attached hydrogens (tertiary/aromatic N) is 2. The molecule has 2 rings (SSSR count). The van der Waals surface area contributed by atoms with E-state index in [0.29, 0.717) is 16.3 Å². The van der Waals surface area contributed by atoms with E-state index in [4.69, 9.17) is 16.7 Å². The van der Waals surface area contributed by atoms with Crippen LogP contribution in [0.25, 0.3) is 0 Å². The smallest absolute Gasteiger partial charge is 0.338 e. The number of aromatic nitrogens is 1. The van der Waals surface area contributed by atoms with Crippen LogP contribution in [-0.4, -0.2) is 21.0 Å². The molecular weight excluding hydrogens is 316 g/mol. The predicted molar refractivity (Wildman–Crippen MR) is 78.9 cm³/mol. The van der Waals surface area contributed by atoms with Crippen molar-refractivity contribution >= 4 is 35.0 Å². The maximum absolute atomic E-state index is 11.1. The molecule has 8 heteroatoms. The zero-order valence-corrected chi connectivity index (χ0v) is 12.1. The van der Waals surface area contributed by atoms with E-state index in [1.807, 2.05) is 0 Å². The van der Waals surface area contributed by atoms with Gasteiger partial charge < -0.3 is 5.11 Å². The Bertz CT molecular complexity index is 708. The molecule has 0 spiro atoms. The number of rotatable bonds is 5. The van der Waals surface area contributed by atoms with Crippen LogP contribution in [0.15, 0.2) is 41.6 Å². The summed E-state index contributed by atoms with van der Waals surface area (Å²) in [5.74, 6) is -0.686. The van der Waals surface area contributed by atoms with Crippen LogP contribution in [0.2, 0.25) is 5.02 Å². The highest BCUT2D eigenvalue weighted by molar-refractivity contribution is 7.98. The molecule has 0 aliphatic carbocycles. The summed E-state index contributed by atoms with van der Waals surface area (Å²) in [7, 11) is 0. The van der Waals surface area contributed by atoms with Crippen LogP contribution in [0.5, 0.6) is 0 Å². The average Bonchev–Trinajstić information content (AvgIpc) is 2.46. The van der Waals surface area contributed by atoms with E-state index in [2.05, 4.69) is 4.98 Å². The number of thioether (sulfide) groups is 1. The number of hydrogen-bond acceptors (Lipinski definition) is 5. The monoisotopic (exact) mass is 324 g/mol. The molecule has 1 N–H and O–H groups in total. The van der Waals surface area contributed by atoms with Gasteiger partial charge in [0.25, 0.3) is 5.69 Å². The van der Waals surface area contributed by atoms with Crippen molar-refractivity contribution in [2.75, 3.05) is 0 Å². The molecule has 0 aliphatic rings. The summed E-state index contributed by atoms with van der Waals surface area (Å²) in [6, 6.07) is 7.20. The number of carboxylic acid groups (broad SMARTS) is 1. The fourth-order valence-corrected chi connectivity index (χ4v) is 2.89. The lowest BCUT2D eigenvalue weighted by Crippen LogP contribution is -2.00. The number of carbonyl (C=O) groups is 1. The third kappa shape index (κ3) is 3.71. The van der Waals surface area contributed by atoms with Crippen molar-refractivity contribution in [1.29, 1.82) is 0 Å². The van der Waals surface area contributed by atoms with Crippen LogP contribution >= 0.6 is 23.4 Å². The van der Waals surface area contributed by atoms with Gasteiger partial charge in [-0.1, -0.05) is 11.6 Å². The Hall–Kier alpha value is -2.12. The zero-order valence-electron chi connectivity index (χ0n) is 10.5. The number of hydrogen-bond donors (Lipinski definition) is 1. The van der Waals surface area contributed by atoms with Crippen molar-refractivity contribution in [2.24, 2.45) is 0 Å². The molecule has 0 fully saturated rings. The lowest BCUT2D eigenvalue weighted by atomic mass is 10.2. The summed E-state index contributed by atoms with van der Waals surface area (Å²) in [6.45, 7) is 0. The molecule has 0 saturated heterocycles. The van der Waals surface area contributed by atoms with Crippen LogP contribution < -0.4 is 0 Å². The molecule has 21 heavy (non-hydrogen) atoms. The van der Waals surface area contributed by atoms with Crippen molar-refractivity contribution in [3.8, 4) is 0 Å². The first kappa shape index (κ1) is 15.3. The second-order valence-electron chi connectivity index (χ2n) is 3.98. The van der Waals surface area contributed by atoms with E-state index >= 15 is 0 Å². The Labute approximate surface area is 128 Å². The van der Waals surface area contributed by atoms with Gasteiger partial charge in [-0.3, -0.25) is 10.1 Å². The van der Waals surface area contributed by atoms with Crippen molar-refractivity contribution in [1.82, 2.24) is 4.98 Å². The Balaban J connectivity index is 2.17. The minimum atomic E-state index is -1.06. The summed E-state index contributed by atoms with van der Waals surface area (Å²) in [6.07, 6.45) is 1.51. The lowest BCUT2D eigenvalue weighted by molar-refractivity contribution is -0.384. The van der Waals surface area contributed by atoms with Gasteiger partial charge in [0.05, 0.1) is 15.5 Å². The molecule has 1 heterocycles. The number of nitro groups is 1. The van der Waals surface area contributed by atoms with E-state index in [9.17, 15) is 14.9 Å². The summed E-state index contributed by atoms with van der Waals surface area (Å²) < 4.78 is 0. The van der Waals surface area contributed by atoms with Crippen LogP contribution in [0, 0.1) is 10.1 Å². The average molecular weight is 325 g/mol. The Kier molecular flexibility index (Phi) is 4.77. The van der Waals surface area contributed by atoms with E-state index < -0.39 is 10.9 Å². The van der Waals surface area contributed by atoms with Crippen LogP contribution in [0.4, 0.5) is 5.69 Å². The highest BCUT2D eigenvalue weighted by atomic mass is 35.5. The number of benzene rings is 1. The fourth-order valence-electron chi connectivity index (χ4n) is 1.58. The summed E-state index contributed by atoms with van der Waals surface area (Å²) >= 11 is 7.20. The minimum Gasteiger partial charge on any atom is -0.478 e. The topological polar surface area (TPSA) is 93.3 Å². The van der Waals surface area contributed by atoms with Gasteiger partial charge in [0.1, 0.15) is 5.03 Å².